The summed E-state index contributed by atoms with van der Waals surface area (Å²) in [5.41, 5.74) is -0.370. The van der Waals surface area contributed by atoms with E-state index in [0.29, 0.717) is 24.2 Å². The van der Waals surface area contributed by atoms with Gasteiger partial charge in [0.05, 0.1) is 34.7 Å². The molecule has 1 saturated heterocycles. The van der Waals surface area contributed by atoms with Crippen LogP contribution in [-0.4, -0.2) is 45.0 Å². The van der Waals surface area contributed by atoms with Crippen LogP contribution in [0.1, 0.15) is 59.3 Å². The van der Waals surface area contributed by atoms with E-state index in [9.17, 15) is 27.9 Å². The number of rotatable bonds is 4. The zero-order valence-electron chi connectivity index (χ0n) is 19.3. The number of ether oxygens (including phenoxy) is 1. The van der Waals surface area contributed by atoms with Gasteiger partial charge in [-0.3, -0.25) is 9.36 Å². The maximum absolute atomic E-state index is 14.0. The predicted octanol–water partition coefficient (Wildman–Crippen LogP) is 4.79. The van der Waals surface area contributed by atoms with Crippen molar-refractivity contribution in [2.24, 2.45) is 0 Å². The highest BCUT2D eigenvalue weighted by Crippen LogP contribution is 2.50. The third-order valence-corrected chi connectivity index (χ3v) is 7.14. The molecule has 12 heteroatoms. The Labute approximate surface area is 208 Å². The van der Waals surface area contributed by atoms with Crippen LogP contribution in [-0.2, 0) is 10.2 Å². The molecule has 1 fully saturated rings. The van der Waals surface area contributed by atoms with Gasteiger partial charge in [0.1, 0.15) is 17.0 Å². The maximum atomic E-state index is 14.0. The first-order valence-corrected chi connectivity index (χ1v) is 11.7. The summed E-state index contributed by atoms with van der Waals surface area (Å²) < 4.78 is 48.3. The van der Waals surface area contributed by atoms with Crippen LogP contribution in [0.2, 0.25) is 5.15 Å². The van der Waals surface area contributed by atoms with E-state index in [0.717, 1.165) is 4.57 Å². The number of hydrogen-bond donors (Lipinski definition) is 2. The summed E-state index contributed by atoms with van der Waals surface area (Å²) in [5.74, 6) is -1.20. The molecule has 0 amide bonds. The van der Waals surface area contributed by atoms with Gasteiger partial charge in [-0.05, 0) is 50.5 Å². The molecule has 0 aliphatic carbocycles. The van der Waals surface area contributed by atoms with Crippen LogP contribution in [0.15, 0.2) is 29.1 Å². The van der Waals surface area contributed by atoms with E-state index in [1.807, 2.05) is 0 Å². The van der Waals surface area contributed by atoms with E-state index in [2.05, 4.69) is 15.3 Å². The van der Waals surface area contributed by atoms with Crippen molar-refractivity contribution in [3.05, 3.63) is 62.4 Å². The van der Waals surface area contributed by atoms with Crippen molar-refractivity contribution in [1.82, 2.24) is 14.5 Å². The lowest BCUT2D eigenvalue weighted by Gasteiger charge is -2.22. The molecule has 4 heterocycles. The molecule has 2 N–H and O–H groups in total. The Balaban J connectivity index is 1.69. The molecule has 36 heavy (non-hydrogen) atoms. The van der Waals surface area contributed by atoms with Crippen LogP contribution >= 0.6 is 11.6 Å². The molecule has 0 saturated carbocycles. The van der Waals surface area contributed by atoms with Crippen molar-refractivity contribution in [3.63, 3.8) is 0 Å². The number of fused-ring (bicyclic) bond motifs is 3. The average molecular weight is 523 g/mol. The number of carboxylic acids is 1. The van der Waals surface area contributed by atoms with Gasteiger partial charge in [-0.25, -0.2) is 14.8 Å². The van der Waals surface area contributed by atoms with Gasteiger partial charge >= 0.3 is 12.1 Å². The lowest BCUT2D eigenvalue weighted by atomic mass is 9.83. The fourth-order valence-electron chi connectivity index (χ4n) is 5.26. The lowest BCUT2D eigenvalue weighted by molar-refractivity contribution is -0.168. The normalized spacial score (nSPS) is 22.2. The molecular formula is C24H22ClF3N4O4. The quantitative estimate of drug-likeness (QED) is 0.474. The van der Waals surface area contributed by atoms with Crippen molar-refractivity contribution in [2.45, 2.75) is 50.4 Å². The molecular weight excluding hydrogens is 501 g/mol. The molecule has 3 aromatic rings. The number of nitrogens with one attached hydrogen (secondary N) is 1. The average Bonchev–Trinajstić information content (AvgIpc) is 3.40. The number of anilines is 1. The minimum atomic E-state index is -4.61. The first-order chi connectivity index (χ1) is 16.9. The predicted molar refractivity (Wildman–Crippen MR) is 126 cm³/mol. The van der Waals surface area contributed by atoms with E-state index in [-0.39, 0.29) is 46.3 Å². The number of aromatic nitrogens is 3. The fraction of sp³-hybridized carbons (Fsp3) is 0.417. The van der Waals surface area contributed by atoms with Gasteiger partial charge < -0.3 is 15.2 Å². The molecule has 190 valence electrons. The maximum Gasteiger partial charge on any atom is 0.409 e. The zero-order valence-corrected chi connectivity index (χ0v) is 20.1. The summed E-state index contributed by atoms with van der Waals surface area (Å²) >= 11 is 5.85. The molecule has 1 spiro atoms. The molecule has 1 aromatic carbocycles. The number of nitrogens with zero attached hydrogens (tertiary/aromatic N) is 3. The Kier molecular flexibility index (Phi) is 5.75. The first-order valence-electron chi connectivity index (χ1n) is 11.3. The third kappa shape index (κ3) is 3.90. The van der Waals surface area contributed by atoms with E-state index in [4.69, 9.17) is 16.3 Å². The van der Waals surface area contributed by atoms with Gasteiger partial charge in [0.2, 0.25) is 0 Å². The van der Waals surface area contributed by atoms with Crippen molar-refractivity contribution in [2.75, 3.05) is 18.5 Å². The van der Waals surface area contributed by atoms with Gasteiger partial charge in [0, 0.05) is 12.2 Å². The van der Waals surface area contributed by atoms with E-state index in [1.165, 1.54) is 18.2 Å². The van der Waals surface area contributed by atoms with Gasteiger partial charge in [0.15, 0.2) is 5.69 Å². The number of benzene rings is 1. The van der Waals surface area contributed by atoms with Gasteiger partial charge in [-0.15, -0.1) is 0 Å². The molecule has 8 nitrogen and oxygen atoms in total. The Morgan fingerprint density at radius 2 is 2.08 bits per heavy atom. The number of alkyl halides is 3. The van der Waals surface area contributed by atoms with E-state index in [1.54, 1.807) is 19.9 Å². The van der Waals surface area contributed by atoms with E-state index < -0.39 is 35.2 Å². The highest BCUT2D eigenvalue weighted by atomic mass is 35.5. The third-order valence-electron chi connectivity index (χ3n) is 6.93. The van der Waals surface area contributed by atoms with Gasteiger partial charge in [-0.2, -0.15) is 13.2 Å². The summed E-state index contributed by atoms with van der Waals surface area (Å²) in [6.45, 7) is 3.82. The van der Waals surface area contributed by atoms with Crippen molar-refractivity contribution in [3.8, 4) is 0 Å². The van der Waals surface area contributed by atoms with Gasteiger partial charge in [-0.1, -0.05) is 17.7 Å². The molecule has 0 unspecified atom stereocenters. The molecule has 2 aliphatic rings. The first kappa shape index (κ1) is 24.5. The van der Waals surface area contributed by atoms with Crippen LogP contribution in [0.25, 0.3) is 10.9 Å². The van der Waals surface area contributed by atoms with Crippen molar-refractivity contribution < 1.29 is 27.8 Å². The SMILES string of the molecule is Cc1cc([C@@H](C)Nc2ccc(Cl)nc2C(=O)O)c2nc3n(c(=O)c2c1)[C@@H](C(F)(F)F)C[C@]31CCOC1. The molecule has 5 rings (SSSR count). The number of hydrogen-bond acceptors (Lipinski definition) is 6. The fourth-order valence-corrected chi connectivity index (χ4v) is 5.41. The second-order valence-electron chi connectivity index (χ2n) is 9.41. The number of carboxylic acid groups (broad SMARTS) is 1. The largest absolute Gasteiger partial charge is 0.476 e. The number of halogens is 4. The summed E-state index contributed by atoms with van der Waals surface area (Å²) in [6.07, 6.45) is -4.57. The smallest absolute Gasteiger partial charge is 0.409 e. The zero-order chi connectivity index (χ0) is 26.0. The monoisotopic (exact) mass is 522 g/mol. The molecule has 0 radical (unpaired) electrons. The Morgan fingerprint density at radius 1 is 1.33 bits per heavy atom. The minimum absolute atomic E-state index is 0.0140. The van der Waals surface area contributed by atoms with Crippen LogP contribution in [0.3, 0.4) is 0 Å². The Bertz CT molecular complexity index is 1450. The van der Waals surface area contributed by atoms with Crippen LogP contribution in [0, 0.1) is 6.92 Å². The Morgan fingerprint density at radius 3 is 2.72 bits per heavy atom. The Hall–Kier alpha value is -3.18. The molecule has 2 aliphatic heterocycles. The molecule has 2 aromatic heterocycles. The summed E-state index contributed by atoms with van der Waals surface area (Å²) in [6, 6.07) is 3.68. The summed E-state index contributed by atoms with van der Waals surface area (Å²) in [7, 11) is 0. The van der Waals surface area contributed by atoms with Crippen LogP contribution in [0.5, 0.6) is 0 Å². The van der Waals surface area contributed by atoms with Crippen LogP contribution in [0.4, 0.5) is 18.9 Å². The molecule has 0 bridgehead atoms. The number of carbonyl (C=O) groups is 1. The summed E-state index contributed by atoms with van der Waals surface area (Å²) in [5, 5.41) is 12.7. The van der Waals surface area contributed by atoms with E-state index >= 15 is 0 Å². The molecule has 3 atom stereocenters. The second-order valence-corrected chi connectivity index (χ2v) is 9.79. The van der Waals surface area contributed by atoms with Crippen LogP contribution < -0.4 is 10.9 Å². The highest BCUT2D eigenvalue weighted by Gasteiger charge is 2.57. The van der Waals surface area contributed by atoms with Gasteiger partial charge in [0.25, 0.3) is 5.56 Å². The number of aryl methyl sites for hydroxylation is 1. The standard InChI is InChI=1S/C24H22ClF3N4O4/c1-11-7-13(12(2)29-15-3-4-17(25)30-19(15)21(34)35)18-14(8-11)20(33)32-16(24(26,27)28)9-23(22(32)31-18)5-6-36-10-23/h3-4,7-8,12,16,29H,5-6,9-10H2,1-2H3,(H,34,35)/t12-,16-,23+/m1/s1. The van der Waals surface area contributed by atoms with Crippen molar-refractivity contribution in [1.29, 1.82) is 0 Å². The summed E-state index contributed by atoms with van der Waals surface area (Å²) in [4.78, 5) is 33.7. The minimum Gasteiger partial charge on any atom is -0.476 e. The highest BCUT2D eigenvalue weighted by molar-refractivity contribution is 6.29. The number of pyridine rings is 1. The number of aromatic carboxylic acids is 1. The topological polar surface area (TPSA) is 106 Å². The lowest BCUT2D eigenvalue weighted by Crippen LogP contribution is -2.33. The second kappa shape index (κ2) is 8.45. The van der Waals surface area contributed by atoms with Crippen molar-refractivity contribution >= 4 is 34.2 Å².